The van der Waals surface area contributed by atoms with Crippen LogP contribution in [0.3, 0.4) is 0 Å². The predicted molar refractivity (Wildman–Crippen MR) is 164 cm³/mol. The first kappa shape index (κ1) is 31.2. The Morgan fingerprint density at radius 2 is 1.42 bits per heavy atom. The summed E-state index contributed by atoms with van der Waals surface area (Å²) < 4.78 is 49.3. The van der Waals surface area contributed by atoms with Crippen LogP contribution in [0.2, 0.25) is 0 Å². The van der Waals surface area contributed by atoms with Crippen LogP contribution in [0.15, 0.2) is 114 Å². The molecule has 0 heterocycles. The van der Waals surface area contributed by atoms with Crippen LogP contribution in [-0.2, 0) is 26.2 Å². The van der Waals surface area contributed by atoms with Crippen molar-refractivity contribution in [1.82, 2.24) is 10.2 Å². The average molecular weight is 604 g/mol. The summed E-state index contributed by atoms with van der Waals surface area (Å²) in [6.07, 6.45) is 0.687. The van der Waals surface area contributed by atoms with Crippen LogP contribution in [0.1, 0.15) is 25.8 Å². The van der Waals surface area contributed by atoms with Gasteiger partial charge in [-0.05, 0) is 67.9 Å². The number of benzene rings is 4. The Kier molecular flexibility index (Phi) is 10.5. The van der Waals surface area contributed by atoms with E-state index in [4.69, 9.17) is 4.74 Å². The molecule has 1 atom stereocenters. The van der Waals surface area contributed by atoms with Crippen molar-refractivity contribution in [2.24, 2.45) is 0 Å². The van der Waals surface area contributed by atoms with E-state index in [0.29, 0.717) is 24.5 Å². The van der Waals surface area contributed by atoms with Gasteiger partial charge in [0.05, 0.1) is 10.6 Å². The lowest BCUT2D eigenvalue weighted by atomic mass is 10.1. The van der Waals surface area contributed by atoms with Crippen LogP contribution in [0.25, 0.3) is 0 Å². The number of sulfonamides is 1. The molecule has 0 saturated carbocycles. The second-order valence-electron chi connectivity index (χ2n) is 9.81. The minimum atomic E-state index is -4.23. The number of carbonyl (C=O) groups is 2. The number of halogens is 1. The molecule has 1 N–H and O–H groups in total. The zero-order valence-electron chi connectivity index (χ0n) is 24.0. The van der Waals surface area contributed by atoms with Gasteiger partial charge in [-0.1, -0.05) is 61.5 Å². The molecule has 4 aromatic rings. The monoisotopic (exact) mass is 603 g/mol. The van der Waals surface area contributed by atoms with Gasteiger partial charge in [-0.3, -0.25) is 13.9 Å². The number of rotatable bonds is 13. The molecule has 0 aromatic heterocycles. The quantitative estimate of drug-likeness (QED) is 0.210. The molecule has 10 heteroatoms. The van der Waals surface area contributed by atoms with Crippen LogP contribution >= 0.6 is 0 Å². The first-order valence-electron chi connectivity index (χ1n) is 13.9. The molecule has 43 heavy (non-hydrogen) atoms. The maximum Gasteiger partial charge on any atom is 0.264 e. The molecule has 4 aromatic carbocycles. The Bertz CT molecular complexity index is 1620. The smallest absolute Gasteiger partial charge is 0.264 e. The summed E-state index contributed by atoms with van der Waals surface area (Å²) in [6.45, 7) is 2.98. The summed E-state index contributed by atoms with van der Waals surface area (Å²) in [6, 6.07) is 28.1. The van der Waals surface area contributed by atoms with Crippen LogP contribution in [0.5, 0.6) is 11.5 Å². The minimum Gasteiger partial charge on any atom is -0.457 e. The fourth-order valence-corrected chi connectivity index (χ4v) is 5.78. The number of nitrogens with zero attached hydrogens (tertiary/aromatic N) is 2. The molecule has 1 unspecified atom stereocenters. The van der Waals surface area contributed by atoms with Crippen molar-refractivity contribution >= 4 is 27.5 Å². The highest BCUT2D eigenvalue weighted by atomic mass is 32.2. The third-order valence-electron chi connectivity index (χ3n) is 6.73. The Morgan fingerprint density at radius 3 is 2.05 bits per heavy atom. The molecule has 0 saturated heterocycles. The number of hydrogen-bond acceptors (Lipinski definition) is 5. The van der Waals surface area contributed by atoms with E-state index in [-0.39, 0.29) is 22.7 Å². The van der Waals surface area contributed by atoms with Crippen LogP contribution in [0.4, 0.5) is 10.1 Å². The first-order chi connectivity index (χ1) is 20.7. The lowest BCUT2D eigenvalue weighted by molar-refractivity contribution is -0.139. The van der Waals surface area contributed by atoms with Gasteiger partial charge in [-0.2, -0.15) is 0 Å². The SMILES string of the molecule is CCCNC(=O)C(C)N(Cc1ccccc1F)C(=O)CN(c1ccc(Oc2ccccc2)cc1)S(=O)(=O)c1ccccc1. The highest BCUT2D eigenvalue weighted by Gasteiger charge is 2.32. The normalized spacial score (nSPS) is 11.8. The van der Waals surface area contributed by atoms with Gasteiger partial charge in [-0.15, -0.1) is 0 Å². The lowest BCUT2D eigenvalue weighted by Crippen LogP contribution is -2.51. The van der Waals surface area contributed by atoms with Crippen molar-refractivity contribution in [3.05, 3.63) is 121 Å². The number of nitrogens with one attached hydrogen (secondary N) is 1. The summed E-state index contributed by atoms with van der Waals surface area (Å²) in [5.74, 6) is -0.554. The van der Waals surface area contributed by atoms with E-state index in [1.165, 1.54) is 42.2 Å². The van der Waals surface area contributed by atoms with E-state index in [2.05, 4.69) is 5.32 Å². The number of anilines is 1. The van der Waals surface area contributed by atoms with Gasteiger partial charge < -0.3 is 15.0 Å². The maximum atomic E-state index is 14.7. The first-order valence-corrected chi connectivity index (χ1v) is 15.4. The Hall–Kier alpha value is -4.70. The number of ether oxygens (including phenoxy) is 1. The molecule has 0 fully saturated rings. The third kappa shape index (κ3) is 7.98. The predicted octanol–water partition coefficient (Wildman–Crippen LogP) is 5.76. The molecule has 8 nitrogen and oxygen atoms in total. The molecular weight excluding hydrogens is 569 g/mol. The van der Waals surface area contributed by atoms with Gasteiger partial charge in [0, 0.05) is 18.7 Å². The van der Waals surface area contributed by atoms with E-state index in [9.17, 15) is 22.4 Å². The van der Waals surface area contributed by atoms with Crippen molar-refractivity contribution in [3.63, 3.8) is 0 Å². The van der Waals surface area contributed by atoms with Crippen LogP contribution in [0, 0.1) is 5.82 Å². The lowest BCUT2D eigenvalue weighted by Gasteiger charge is -2.32. The van der Waals surface area contributed by atoms with Gasteiger partial charge >= 0.3 is 0 Å². The van der Waals surface area contributed by atoms with Gasteiger partial charge in [0.2, 0.25) is 11.8 Å². The maximum absolute atomic E-state index is 14.7. The van der Waals surface area contributed by atoms with E-state index in [1.54, 1.807) is 60.7 Å². The second kappa shape index (κ2) is 14.5. The number of para-hydroxylation sites is 1. The summed E-state index contributed by atoms with van der Waals surface area (Å²) >= 11 is 0. The highest BCUT2D eigenvalue weighted by molar-refractivity contribution is 7.92. The number of amides is 2. The highest BCUT2D eigenvalue weighted by Crippen LogP contribution is 2.28. The van der Waals surface area contributed by atoms with Gasteiger partial charge in [0.25, 0.3) is 10.0 Å². The molecule has 0 aliphatic carbocycles. The van der Waals surface area contributed by atoms with Crippen molar-refractivity contribution in [2.45, 2.75) is 37.8 Å². The average Bonchev–Trinajstić information content (AvgIpc) is 3.03. The van der Waals surface area contributed by atoms with Crippen molar-refractivity contribution in [3.8, 4) is 11.5 Å². The Balaban J connectivity index is 1.69. The van der Waals surface area contributed by atoms with Crippen LogP contribution < -0.4 is 14.4 Å². The fourth-order valence-electron chi connectivity index (χ4n) is 4.34. The van der Waals surface area contributed by atoms with Crippen molar-refractivity contribution < 1.29 is 27.1 Å². The molecule has 4 rings (SSSR count). The third-order valence-corrected chi connectivity index (χ3v) is 8.52. The number of carbonyl (C=O) groups excluding carboxylic acids is 2. The minimum absolute atomic E-state index is 0.0122. The summed E-state index contributed by atoms with van der Waals surface area (Å²) in [5, 5.41) is 2.76. The molecule has 2 amide bonds. The molecule has 0 radical (unpaired) electrons. The standard InChI is InChI=1S/C33H34FN3O5S/c1-3-22-35-33(39)25(2)36(23-26-12-10-11-17-31(26)34)32(38)24-37(43(40,41)30-15-8-5-9-16-30)27-18-20-29(21-19-27)42-28-13-6-4-7-14-28/h4-21,25H,3,22-24H2,1-2H3,(H,35,39). The van der Waals surface area contributed by atoms with E-state index in [0.717, 1.165) is 4.31 Å². The van der Waals surface area contributed by atoms with Crippen molar-refractivity contribution in [2.75, 3.05) is 17.4 Å². The van der Waals surface area contributed by atoms with E-state index >= 15 is 0 Å². The fraction of sp³-hybridized carbons (Fsp3) is 0.212. The molecule has 0 aliphatic rings. The van der Waals surface area contributed by atoms with Crippen molar-refractivity contribution in [1.29, 1.82) is 0 Å². The van der Waals surface area contributed by atoms with Gasteiger partial charge in [0.15, 0.2) is 0 Å². The topological polar surface area (TPSA) is 96.0 Å². The molecule has 0 bridgehead atoms. The summed E-state index contributed by atoms with van der Waals surface area (Å²) in [7, 11) is -4.23. The molecule has 0 spiro atoms. The second-order valence-corrected chi connectivity index (χ2v) is 11.7. The zero-order valence-corrected chi connectivity index (χ0v) is 24.8. The zero-order chi connectivity index (χ0) is 30.8. The largest absolute Gasteiger partial charge is 0.457 e. The Labute approximate surface area is 251 Å². The van der Waals surface area contributed by atoms with E-state index < -0.39 is 40.2 Å². The molecule has 0 aliphatic heterocycles. The summed E-state index contributed by atoms with van der Waals surface area (Å²) in [4.78, 5) is 28.1. The molecule has 224 valence electrons. The van der Waals surface area contributed by atoms with E-state index in [1.807, 2.05) is 25.1 Å². The van der Waals surface area contributed by atoms with Crippen LogP contribution in [-0.4, -0.2) is 44.3 Å². The Morgan fingerprint density at radius 1 is 0.837 bits per heavy atom. The van der Waals surface area contributed by atoms with Gasteiger partial charge in [0.1, 0.15) is 29.9 Å². The van der Waals surface area contributed by atoms with Gasteiger partial charge in [-0.25, -0.2) is 12.8 Å². The summed E-state index contributed by atoms with van der Waals surface area (Å²) in [5.41, 5.74) is 0.414. The number of hydrogen-bond donors (Lipinski definition) is 1. The molecular formula is C33H34FN3O5S.